The maximum Gasteiger partial charge on any atom is 0.248 e. The first kappa shape index (κ1) is 10.7. The fourth-order valence-corrected chi connectivity index (χ4v) is 2.45. The Morgan fingerprint density at radius 1 is 1.31 bits per heavy atom. The van der Waals surface area contributed by atoms with Crippen LogP contribution in [0.4, 0.5) is 0 Å². The molecule has 0 saturated carbocycles. The van der Waals surface area contributed by atoms with Gasteiger partial charge in [-0.05, 0) is 17.7 Å². The van der Waals surface area contributed by atoms with Crippen molar-refractivity contribution in [1.29, 1.82) is 0 Å². The van der Waals surface area contributed by atoms with E-state index in [1.54, 1.807) is 12.1 Å². The van der Waals surface area contributed by atoms with Gasteiger partial charge in [0.25, 0.3) is 0 Å². The molecular formula is C8H8Br2N2O. The molecular weight excluding hydrogens is 300 g/mol. The van der Waals surface area contributed by atoms with Gasteiger partial charge < -0.3 is 11.5 Å². The molecule has 0 heterocycles. The van der Waals surface area contributed by atoms with Crippen LogP contribution in [0.15, 0.2) is 21.1 Å². The number of amides is 1. The first-order chi connectivity index (χ1) is 6.06. The molecule has 13 heavy (non-hydrogen) atoms. The molecule has 1 amide bonds. The molecule has 0 fully saturated rings. The number of hydrogen-bond acceptors (Lipinski definition) is 2. The van der Waals surface area contributed by atoms with Gasteiger partial charge in [-0.25, -0.2) is 0 Å². The van der Waals surface area contributed by atoms with Crippen LogP contribution < -0.4 is 11.5 Å². The lowest BCUT2D eigenvalue weighted by atomic mass is 10.1. The molecule has 0 aliphatic rings. The summed E-state index contributed by atoms with van der Waals surface area (Å²) in [5, 5.41) is 0. The minimum Gasteiger partial charge on any atom is -0.366 e. The van der Waals surface area contributed by atoms with Crippen LogP contribution in [0.5, 0.6) is 0 Å². The number of halogens is 2. The summed E-state index contributed by atoms with van der Waals surface area (Å²) < 4.78 is 1.58. The minimum absolute atomic E-state index is 0.403. The summed E-state index contributed by atoms with van der Waals surface area (Å²) in [6.45, 7) is 0.403. The largest absolute Gasteiger partial charge is 0.366 e. The molecule has 0 bridgehead atoms. The van der Waals surface area contributed by atoms with Gasteiger partial charge in [0, 0.05) is 21.1 Å². The maximum atomic E-state index is 10.9. The standard InChI is InChI=1S/C8H8Br2N2O/c9-6-1-4(8(12)13)2-7(10)5(6)3-11/h1-2H,3,11H2,(H2,12,13). The summed E-state index contributed by atoms with van der Waals surface area (Å²) >= 11 is 6.62. The van der Waals surface area contributed by atoms with Crippen LogP contribution in [0, 0.1) is 0 Å². The van der Waals surface area contributed by atoms with E-state index in [9.17, 15) is 4.79 Å². The van der Waals surface area contributed by atoms with Gasteiger partial charge in [0.05, 0.1) is 0 Å². The van der Waals surface area contributed by atoms with Gasteiger partial charge in [-0.15, -0.1) is 0 Å². The van der Waals surface area contributed by atoms with Crippen LogP contribution in [-0.2, 0) is 6.54 Å². The number of nitrogens with two attached hydrogens (primary N) is 2. The third-order valence-electron chi connectivity index (χ3n) is 1.63. The zero-order valence-electron chi connectivity index (χ0n) is 6.68. The Kier molecular flexibility index (Phi) is 3.47. The van der Waals surface area contributed by atoms with Gasteiger partial charge in [-0.2, -0.15) is 0 Å². The van der Waals surface area contributed by atoms with Crippen molar-refractivity contribution < 1.29 is 4.79 Å². The summed E-state index contributed by atoms with van der Waals surface area (Å²) in [5.41, 5.74) is 12.0. The van der Waals surface area contributed by atoms with Crippen molar-refractivity contribution in [3.8, 4) is 0 Å². The second-order valence-corrected chi connectivity index (χ2v) is 4.20. The number of hydrogen-bond donors (Lipinski definition) is 2. The molecule has 1 rings (SSSR count). The number of rotatable bonds is 2. The van der Waals surface area contributed by atoms with Crippen LogP contribution in [0.3, 0.4) is 0 Å². The van der Waals surface area contributed by atoms with Crippen molar-refractivity contribution in [2.45, 2.75) is 6.54 Å². The maximum absolute atomic E-state index is 10.9. The Morgan fingerprint density at radius 2 is 1.77 bits per heavy atom. The van der Waals surface area contributed by atoms with Crippen molar-refractivity contribution in [2.24, 2.45) is 11.5 Å². The lowest BCUT2D eigenvalue weighted by Crippen LogP contribution is -2.11. The van der Waals surface area contributed by atoms with Gasteiger partial charge in [0.1, 0.15) is 0 Å². The van der Waals surface area contributed by atoms with Gasteiger partial charge in [-0.1, -0.05) is 31.9 Å². The van der Waals surface area contributed by atoms with E-state index >= 15 is 0 Å². The Morgan fingerprint density at radius 3 is 2.08 bits per heavy atom. The van der Waals surface area contributed by atoms with Gasteiger partial charge in [0.2, 0.25) is 5.91 Å². The molecule has 1 aromatic carbocycles. The summed E-state index contributed by atoms with van der Waals surface area (Å²) in [6.07, 6.45) is 0. The highest BCUT2D eigenvalue weighted by atomic mass is 79.9. The van der Waals surface area contributed by atoms with Crippen molar-refractivity contribution in [3.05, 3.63) is 32.2 Å². The van der Waals surface area contributed by atoms with Gasteiger partial charge in [0.15, 0.2) is 0 Å². The Hall–Kier alpha value is -0.390. The molecule has 1 aromatic rings. The van der Waals surface area contributed by atoms with E-state index in [2.05, 4.69) is 31.9 Å². The number of primary amides is 1. The van der Waals surface area contributed by atoms with Gasteiger partial charge in [-0.3, -0.25) is 4.79 Å². The van der Waals surface area contributed by atoms with E-state index < -0.39 is 5.91 Å². The smallest absolute Gasteiger partial charge is 0.248 e. The summed E-state index contributed by atoms with van der Waals surface area (Å²) in [6, 6.07) is 3.32. The van der Waals surface area contributed by atoms with Gasteiger partial charge >= 0.3 is 0 Å². The number of carbonyl (C=O) groups is 1. The number of carbonyl (C=O) groups excluding carboxylic acids is 1. The lowest BCUT2D eigenvalue weighted by molar-refractivity contribution is 0.1000. The molecule has 0 unspecified atom stereocenters. The monoisotopic (exact) mass is 306 g/mol. The van der Waals surface area contributed by atoms with E-state index in [1.807, 2.05) is 0 Å². The van der Waals surface area contributed by atoms with E-state index in [0.29, 0.717) is 12.1 Å². The van der Waals surface area contributed by atoms with E-state index in [1.165, 1.54) is 0 Å². The van der Waals surface area contributed by atoms with Crippen LogP contribution in [0.2, 0.25) is 0 Å². The van der Waals surface area contributed by atoms with Crippen molar-refractivity contribution in [2.75, 3.05) is 0 Å². The second kappa shape index (κ2) is 4.21. The van der Waals surface area contributed by atoms with Crippen molar-refractivity contribution in [1.82, 2.24) is 0 Å². The molecule has 0 spiro atoms. The predicted molar refractivity (Wildman–Crippen MR) is 58.3 cm³/mol. The van der Waals surface area contributed by atoms with E-state index in [0.717, 1.165) is 14.5 Å². The van der Waals surface area contributed by atoms with Crippen molar-refractivity contribution >= 4 is 37.8 Å². The zero-order chi connectivity index (χ0) is 10.0. The van der Waals surface area contributed by atoms with Crippen molar-refractivity contribution in [3.63, 3.8) is 0 Å². The van der Waals surface area contributed by atoms with E-state index in [-0.39, 0.29) is 0 Å². The Labute approximate surface area is 92.7 Å². The summed E-state index contributed by atoms with van der Waals surface area (Å²) in [7, 11) is 0. The Bertz CT molecular complexity index is 329. The molecule has 70 valence electrons. The molecule has 0 aliphatic heterocycles. The predicted octanol–water partition coefficient (Wildman–Crippen LogP) is 1.77. The molecule has 5 heteroatoms. The summed E-state index contributed by atoms with van der Waals surface area (Å²) in [4.78, 5) is 10.9. The quantitative estimate of drug-likeness (QED) is 0.874. The first-order valence-corrected chi connectivity index (χ1v) is 5.12. The highest BCUT2D eigenvalue weighted by molar-refractivity contribution is 9.11. The fourth-order valence-electron chi connectivity index (χ4n) is 0.940. The highest BCUT2D eigenvalue weighted by Crippen LogP contribution is 2.26. The molecule has 3 nitrogen and oxygen atoms in total. The molecule has 0 aromatic heterocycles. The first-order valence-electron chi connectivity index (χ1n) is 3.54. The molecule has 0 radical (unpaired) electrons. The molecule has 0 saturated heterocycles. The second-order valence-electron chi connectivity index (χ2n) is 2.49. The Balaban J connectivity index is 3.28. The molecule has 4 N–H and O–H groups in total. The molecule has 0 aliphatic carbocycles. The average Bonchev–Trinajstić information content (AvgIpc) is 2.03. The highest BCUT2D eigenvalue weighted by Gasteiger charge is 2.08. The van der Waals surface area contributed by atoms with Crippen LogP contribution in [0.25, 0.3) is 0 Å². The third kappa shape index (κ3) is 2.30. The van der Waals surface area contributed by atoms with Crippen LogP contribution in [-0.4, -0.2) is 5.91 Å². The van der Waals surface area contributed by atoms with Crippen LogP contribution >= 0.6 is 31.9 Å². The fraction of sp³-hybridized carbons (Fsp3) is 0.125. The van der Waals surface area contributed by atoms with Crippen LogP contribution in [0.1, 0.15) is 15.9 Å². The minimum atomic E-state index is -0.454. The lowest BCUT2D eigenvalue weighted by Gasteiger charge is -2.06. The molecule has 0 atom stereocenters. The normalized spacial score (nSPS) is 10.1. The average molecular weight is 308 g/mol. The zero-order valence-corrected chi connectivity index (χ0v) is 9.85. The third-order valence-corrected chi connectivity index (χ3v) is 3.04. The topological polar surface area (TPSA) is 69.1 Å². The number of benzene rings is 1. The SMILES string of the molecule is NCc1c(Br)cc(C(N)=O)cc1Br. The summed E-state index contributed by atoms with van der Waals surface area (Å²) in [5.74, 6) is -0.454. The van der Waals surface area contributed by atoms with E-state index in [4.69, 9.17) is 11.5 Å².